The largest absolute Gasteiger partial charge is 0.392 e. The van der Waals surface area contributed by atoms with Crippen molar-refractivity contribution >= 4 is 16.7 Å². The van der Waals surface area contributed by atoms with E-state index in [1.54, 1.807) is 6.20 Å². The maximum atomic E-state index is 9.28. The summed E-state index contributed by atoms with van der Waals surface area (Å²) < 4.78 is 0. The first kappa shape index (κ1) is 15.3. The van der Waals surface area contributed by atoms with Crippen LogP contribution in [0.1, 0.15) is 11.1 Å². The molecule has 0 spiro atoms. The molecule has 124 valence electrons. The number of rotatable bonds is 5. The minimum Gasteiger partial charge on any atom is -0.392 e. The molecule has 0 saturated carbocycles. The molecule has 4 rings (SSSR count). The van der Waals surface area contributed by atoms with Gasteiger partial charge in [0.1, 0.15) is 5.82 Å². The molecular weight excluding hydrogens is 314 g/mol. The smallest absolute Gasteiger partial charge is 0.161 e. The van der Waals surface area contributed by atoms with Crippen LogP contribution in [0.25, 0.3) is 22.3 Å². The van der Waals surface area contributed by atoms with E-state index < -0.39 is 0 Å². The Bertz CT molecular complexity index is 1010. The number of nitrogens with one attached hydrogen (secondary N) is 2. The molecule has 0 aliphatic rings. The van der Waals surface area contributed by atoms with Crippen LogP contribution in [0.4, 0.5) is 5.82 Å². The number of H-pyrrole nitrogens is 1. The fourth-order valence-corrected chi connectivity index (χ4v) is 2.77. The number of hydrogen-bond donors (Lipinski definition) is 3. The summed E-state index contributed by atoms with van der Waals surface area (Å²) in [7, 11) is 0. The number of aromatic nitrogens is 4. The molecule has 2 aromatic heterocycles. The first-order valence-corrected chi connectivity index (χ1v) is 8.01. The van der Waals surface area contributed by atoms with E-state index in [4.69, 9.17) is 0 Å². The van der Waals surface area contributed by atoms with Crippen molar-refractivity contribution in [3.63, 3.8) is 0 Å². The van der Waals surface area contributed by atoms with E-state index in [0.29, 0.717) is 12.4 Å². The van der Waals surface area contributed by atoms with Crippen molar-refractivity contribution in [3.05, 3.63) is 72.1 Å². The summed E-state index contributed by atoms with van der Waals surface area (Å²) in [5.74, 6) is 1.38. The molecule has 25 heavy (non-hydrogen) atoms. The molecule has 3 N–H and O–H groups in total. The van der Waals surface area contributed by atoms with E-state index in [1.807, 2.05) is 48.7 Å². The van der Waals surface area contributed by atoms with Crippen LogP contribution in [0, 0.1) is 0 Å². The van der Waals surface area contributed by atoms with Crippen molar-refractivity contribution in [2.75, 3.05) is 5.32 Å². The van der Waals surface area contributed by atoms with Crippen LogP contribution in [0.5, 0.6) is 0 Å². The highest BCUT2D eigenvalue weighted by atomic mass is 16.3. The fraction of sp³-hybridized carbons (Fsp3) is 0.105. The van der Waals surface area contributed by atoms with Crippen LogP contribution >= 0.6 is 0 Å². The predicted molar refractivity (Wildman–Crippen MR) is 96.8 cm³/mol. The fourth-order valence-electron chi connectivity index (χ4n) is 2.77. The summed E-state index contributed by atoms with van der Waals surface area (Å²) >= 11 is 0. The molecule has 2 heterocycles. The summed E-state index contributed by atoms with van der Waals surface area (Å²) in [4.78, 5) is 8.91. The summed E-state index contributed by atoms with van der Waals surface area (Å²) in [5, 5.41) is 20.8. The molecule has 0 aliphatic heterocycles. The zero-order valence-electron chi connectivity index (χ0n) is 13.5. The van der Waals surface area contributed by atoms with E-state index in [-0.39, 0.29) is 6.61 Å². The third-order valence-electron chi connectivity index (χ3n) is 4.06. The number of benzene rings is 2. The lowest BCUT2D eigenvalue weighted by molar-refractivity contribution is 0.282. The summed E-state index contributed by atoms with van der Waals surface area (Å²) in [5.41, 5.74) is 3.88. The summed E-state index contributed by atoms with van der Waals surface area (Å²) in [6, 6.07) is 15.5. The monoisotopic (exact) mass is 331 g/mol. The van der Waals surface area contributed by atoms with Gasteiger partial charge in [-0.3, -0.25) is 5.10 Å². The molecule has 4 aromatic rings. The highest BCUT2D eigenvalue weighted by molar-refractivity contribution is 5.81. The Morgan fingerprint density at radius 1 is 1.08 bits per heavy atom. The first-order valence-electron chi connectivity index (χ1n) is 8.01. The van der Waals surface area contributed by atoms with Crippen LogP contribution in [-0.4, -0.2) is 25.3 Å². The van der Waals surface area contributed by atoms with Crippen LogP contribution in [0.2, 0.25) is 0 Å². The number of aromatic amines is 1. The molecule has 0 bridgehead atoms. The van der Waals surface area contributed by atoms with Gasteiger partial charge in [-0.25, -0.2) is 9.97 Å². The minimum absolute atomic E-state index is 0.000483. The number of anilines is 1. The standard InChI is InChI=1S/C19H17N5O/c25-12-13-3-1-4-14(9-13)19-20-8-7-18(23-19)21-10-15-5-2-6-17-16(15)11-22-24-17/h1-9,11,25H,10,12H2,(H,22,24)(H,20,21,23). The highest BCUT2D eigenvalue weighted by Crippen LogP contribution is 2.20. The maximum absolute atomic E-state index is 9.28. The van der Waals surface area contributed by atoms with Gasteiger partial charge < -0.3 is 10.4 Å². The normalized spacial score (nSPS) is 10.9. The second kappa shape index (κ2) is 6.70. The van der Waals surface area contributed by atoms with Crippen LogP contribution in [0.3, 0.4) is 0 Å². The van der Waals surface area contributed by atoms with Gasteiger partial charge in [-0.1, -0.05) is 30.3 Å². The molecule has 6 nitrogen and oxygen atoms in total. The van der Waals surface area contributed by atoms with Crippen molar-refractivity contribution in [3.8, 4) is 11.4 Å². The minimum atomic E-state index is 0.000483. The van der Waals surface area contributed by atoms with Gasteiger partial charge in [-0.15, -0.1) is 0 Å². The molecular formula is C19H17N5O. The van der Waals surface area contributed by atoms with Crippen molar-refractivity contribution in [1.29, 1.82) is 0 Å². The Morgan fingerprint density at radius 3 is 2.92 bits per heavy atom. The second-order valence-electron chi connectivity index (χ2n) is 5.73. The van der Waals surface area contributed by atoms with Gasteiger partial charge in [0.05, 0.1) is 18.3 Å². The number of fused-ring (bicyclic) bond motifs is 1. The van der Waals surface area contributed by atoms with E-state index in [1.165, 1.54) is 0 Å². The lowest BCUT2D eigenvalue weighted by Crippen LogP contribution is -2.03. The number of aliphatic hydroxyl groups is 1. The average molecular weight is 331 g/mol. The van der Waals surface area contributed by atoms with Crippen LogP contribution < -0.4 is 5.32 Å². The third-order valence-corrected chi connectivity index (χ3v) is 4.06. The Balaban J connectivity index is 1.56. The van der Waals surface area contributed by atoms with Gasteiger partial charge in [-0.2, -0.15) is 5.10 Å². The van der Waals surface area contributed by atoms with E-state index in [0.717, 1.165) is 33.4 Å². The van der Waals surface area contributed by atoms with Gasteiger partial charge in [0.25, 0.3) is 0 Å². The van der Waals surface area contributed by atoms with Crippen molar-refractivity contribution in [2.24, 2.45) is 0 Å². The molecule has 0 aliphatic carbocycles. The van der Waals surface area contributed by atoms with Crippen LogP contribution in [-0.2, 0) is 13.2 Å². The third kappa shape index (κ3) is 3.20. The van der Waals surface area contributed by atoms with Crippen molar-refractivity contribution in [1.82, 2.24) is 20.2 Å². The SMILES string of the molecule is OCc1cccc(-c2nccc(NCc3cccc4[nH]ncc34)n2)c1. The van der Waals surface area contributed by atoms with Gasteiger partial charge in [-0.05, 0) is 29.3 Å². The Morgan fingerprint density at radius 2 is 2.00 bits per heavy atom. The Labute approximate surface area is 144 Å². The highest BCUT2D eigenvalue weighted by Gasteiger charge is 2.06. The second-order valence-corrected chi connectivity index (χ2v) is 5.73. The molecule has 2 aromatic carbocycles. The number of aliphatic hydroxyl groups excluding tert-OH is 1. The lowest BCUT2D eigenvalue weighted by atomic mass is 10.1. The molecule has 0 amide bonds. The molecule has 0 fully saturated rings. The van der Waals surface area contributed by atoms with Crippen molar-refractivity contribution < 1.29 is 5.11 Å². The van der Waals surface area contributed by atoms with Gasteiger partial charge in [0, 0.05) is 23.7 Å². The summed E-state index contributed by atoms with van der Waals surface area (Å²) in [6.45, 7) is 0.643. The topological polar surface area (TPSA) is 86.7 Å². The van der Waals surface area contributed by atoms with Gasteiger partial charge in [0.2, 0.25) is 0 Å². The van der Waals surface area contributed by atoms with Crippen LogP contribution in [0.15, 0.2) is 60.9 Å². The molecule has 0 saturated heterocycles. The molecule has 0 radical (unpaired) electrons. The predicted octanol–water partition coefficient (Wildman–Crippen LogP) is 3.12. The Hall–Kier alpha value is -3.25. The quantitative estimate of drug-likeness (QED) is 0.523. The number of hydrogen-bond acceptors (Lipinski definition) is 5. The lowest BCUT2D eigenvalue weighted by Gasteiger charge is -2.08. The number of nitrogens with zero attached hydrogens (tertiary/aromatic N) is 3. The maximum Gasteiger partial charge on any atom is 0.161 e. The molecule has 0 atom stereocenters. The van der Waals surface area contributed by atoms with E-state index in [2.05, 4.69) is 31.5 Å². The van der Waals surface area contributed by atoms with Crippen molar-refractivity contribution in [2.45, 2.75) is 13.2 Å². The average Bonchev–Trinajstić information content (AvgIpc) is 3.16. The molecule has 6 heteroatoms. The van der Waals surface area contributed by atoms with Gasteiger partial charge in [0.15, 0.2) is 5.82 Å². The Kier molecular flexibility index (Phi) is 4.10. The van der Waals surface area contributed by atoms with E-state index >= 15 is 0 Å². The van der Waals surface area contributed by atoms with Gasteiger partial charge >= 0.3 is 0 Å². The zero-order chi connectivity index (χ0) is 17.1. The van der Waals surface area contributed by atoms with E-state index in [9.17, 15) is 5.11 Å². The first-order chi connectivity index (χ1) is 12.3. The molecule has 0 unspecified atom stereocenters. The zero-order valence-corrected chi connectivity index (χ0v) is 13.5. The summed E-state index contributed by atoms with van der Waals surface area (Å²) in [6.07, 6.45) is 3.56.